The maximum atomic E-state index is 12.6. The zero-order chi connectivity index (χ0) is 16.9. The van der Waals surface area contributed by atoms with E-state index < -0.39 is 0 Å². The molecule has 1 fully saturated rings. The highest BCUT2D eigenvalue weighted by atomic mass is 16.2. The van der Waals surface area contributed by atoms with Crippen LogP contribution in [0.25, 0.3) is 0 Å². The van der Waals surface area contributed by atoms with Crippen LogP contribution in [0.2, 0.25) is 0 Å². The van der Waals surface area contributed by atoms with E-state index in [1.54, 1.807) is 11.0 Å². The van der Waals surface area contributed by atoms with Crippen LogP contribution in [0, 0.1) is 0 Å². The summed E-state index contributed by atoms with van der Waals surface area (Å²) in [6.07, 6.45) is 4.07. The summed E-state index contributed by atoms with van der Waals surface area (Å²) in [5.74, 6) is 0.113. The summed E-state index contributed by atoms with van der Waals surface area (Å²) < 4.78 is 1.59. The second-order valence-corrected chi connectivity index (χ2v) is 6.30. The van der Waals surface area contributed by atoms with Crippen molar-refractivity contribution in [3.05, 3.63) is 48.5 Å². The van der Waals surface area contributed by atoms with Gasteiger partial charge in [-0.2, -0.15) is 5.10 Å². The zero-order valence-corrected chi connectivity index (χ0v) is 14.4. The van der Waals surface area contributed by atoms with Gasteiger partial charge in [-0.05, 0) is 25.8 Å². The van der Waals surface area contributed by atoms with E-state index in [0.29, 0.717) is 6.04 Å². The highest BCUT2D eigenvalue weighted by Gasteiger charge is 2.32. The molecule has 0 spiro atoms. The highest BCUT2D eigenvalue weighted by molar-refractivity contribution is 5.76. The molecule has 1 aromatic heterocycles. The fourth-order valence-electron chi connectivity index (χ4n) is 3.50. The molecule has 2 atom stereocenters. The van der Waals surface area contributed by atoms with E-state index in [1.807, 2.05) is 17.9 Å². The van der Waals surface area contributed by atoms with Crippen molar-refractivity contribution >= 4 is 5.91 Å². The molecule has 128 valence electrons. The van der Waals surface area contributed by atoms with Crippen molar-refractivity contribution in [2.24, 2.45) is 0 Å². The fraction of sp³-hybridized carbons (Fsp3) is 0.500. The topological polar surface area (TPSA) is 54.3 Å². The van der Waals surface area contributed by atoms with Gasteiger partial charge in [-0.3, -0.25) is 9.69 Å². The van der Waals surface area contributed by atoms with Gasteiger partial charge in [0, 0.05) is 31.7 Å². The van der Waals surface area contributed by atoms with Gasteiger partial charge in [0.1, 0.15) is 19.2 Å². The van der Waals surface area contributed by atoms with Crippen LogP contribution in [0.15, 0.2) is 43.0 Å². The lowest BCUT2D eigenvalue weighted by Crippen LogP contribution is -2.43. The fourth-order valence-corrected chi connectivity index (χ4v) is 3.50. The van der Waals surface area contributed by atoms with Crippen LogP contribution in [0.4, 0.5) is 0 Å². The van der Waals surface area contributed by atoms with Crippen LogP contribution in [0.3, 0.4) is 0 Å². The molecule has 1 saturated heterocycles. The molecule has 24 heavy (non-hydrogen) atoms. The van der Waals surface area contributed by atoms with Crippen LogP contribution >= 0.6 is 0 Å². The number of benzene rings is 1. The molecular formula is C18H25N5O. The molecule has 0 saturated carbocycles. The third-order valence-corrected chi connectivity index (χ3v) is 4.89. The van der Waals surface area contributed by atoms with E-state index in [1.165, 1.54) is 11.9 Å². The zero-order valence-electron chi connectivity index (χ0n) is 14.4. The van der Waals surface area contributed by atoms with Gasteiger partial charge in [-0.1, -0.05) is 30.3 Å². The van der Waals surface area contributed by atoms with Crippen molar-refractivity contribution in [1.29, 1.82) is 0 Å². The average molecular weight is 327 g/mol. The first-order valence-corrected chi connectivity index (χ1v) is 8.60. The molecule has 0 unspecified atom stereocenters. The maximum absolute atomic E-state index is 12.6. The van der Waals surface area contributed by atoms with Crippen molar-refractivity contribution in [3.8, 4) is 0 Å². The Morgan fingerprint density at radius 1 is 1.38 bits per heavy atom. The molecular weight excluding hydrogens is 302 g/mol. The summed E-state index contributed by atoms with van der Waals surface area (Å²) in [7, 11) is 0. The van der Waals surface area contributed by atoms with Gasteiger partial charge >= 0.3 is 0 Å². The Bertz CT molecular complexity index is 643. The normalized spacial score (nSPS) is 19.3. The lowest BCUT2D eigenvalue weighted by atomic mass is 10.1. The minimum Gasteiger partial charge on any atom is -0.337 e. The summed E-state index contributed by atoms with van der Waals surface area (Å²) >= 11 is 0. The van der Waals surface area contributed by atoms with E-state index in [-0.39, 0.29) is 18.5 Å². The predicted octanol–water partition coefficient (Wildman–Crippen LogP) is 1.96. The molecule has 0 N–H and O–H groups in total. The van der Waals surface area contributed by atoms with E-state index in [9.17, 15) is 4.79 Å². The summed E-state index contributed by atoms with van der Waals surface area (Å²) in [5.41, 5.74) is 1.33. The first kappa shape index (κ1) is 16.6. The number of carbonyl (C=O) groups excluding carboxylic acids is 1. The van der Waals surface area contributed by atoms with Gasteiger partial charge in [0.05, 0.1) is 0 Å². The van der Waals surface area contributed by atoms with Crippen molar-refractivity contribution in [2.75, 3.05) is 19.6 Å². The second kappa shape index (κ2) is 7.57. The molecule has 2 aromatic rings. The molecule has 0 aliphatic carbocycles. The van der Waals surface area contributed by atoms with Gasteiger partial charge < -0.3 is 4.90 Å². The quantitative estimate of drug-likeness (QED) is 0.814. The Morgan fingerprint density at radius 2 is 2.17 bits per heavy atom. The van der Waals surface area contributed by atoms with Gasteiger partial charge in [0.2, 0.25) is 5.91 Å². The number of hydrogen-bond acceptors (Lipinski definition) is 4. The minimum absolute atomic E-state index is 0.113. The van der Waals surface area contributed by atoms with Crippen molar-refractivity contribution < 1.29 is 4.79 Å². The van der Waals surface area contributed by atoms with E-state index >= 15 is 0 Å². The van der Waals surface area contributed by atoms with Crippen molar-refractivity contribution in [3.63, 3.8) is 0 Å². The van der Waals surface area contributed by atoms with Crippen LogP contribution in [0.1, 0.15) is 31.9 Å². The van der Waals surface area contributed by atoms with Crippen LogP contribution in [-0.2, 0) is 11.3 Å². The predicted molar refractivity (Wildman–Crippen MR) is 92.2 cm³/mol. The minimum atomic E-state index is 0.113. The van der Waals surface area contributed by atoms with E-state index in [4.69, 9.17) is 0 Å². The van der Waals surface area contributed by atoms with Gasteiger partial charge in [0.15, 0.2) is 0 Å². The third kappa shape index (κ3) is 3.64. The summed E-state index contributed by atoms with van der Waals surface area (Å²) in [4.78, 5) is 20.9. The second-order valence-electron chi connectivity index (χ2n) is 6.30. The number of hydrogen-bond donors (Lipinski definition) is 0. The Kier molecular flexibility index (Phi) is 5.25. The number of likely N-dealkylation sites (N-methyl/N-ethyl adjacent to an activating group) is 1. The van der Waals surface area contributed by atoms with E-state index in [2.05, 4.69) is 46.2 Å². The first-order valence-electron chi connectivity index (χ1n) is 8.60. The number of aromatic nitrogens is 3. The first-order chi connectivity index (χ1) is 11.7. The largest absolute Gasteiger partial charge is 0.337 e. The number of amides is 1. The van der Waals surface area contributed by atoms with Crippen LogP contribution in [-0.4, -0.2) is 56.1 Å². The molecule has 1 aliphatic rings. The monoisotopic (exact) mass is 327 g/mol. The third-order valence-electron chi connectivity index (χ3n) is 4.89. The van der Waals surface area contributed by atoms with Gasteiger partial charge in [-0.15, -0.1) is 0 Å². The van der Waals surface area contributed by atoms with Crippen LogP contribution < -0.4 is 0 Å². The maximum Gasteiger partial charge on any atom is 0.244 e. The average Bonchev–Trinajstić information content (AvgIpc) is 3.28. The summed E-state index contributed by atoms with van der Waals surface area (Å²) in [5, 5.41) is 4.03. The van der Waals surface area contributed by atoms with Gasteiger partial charge in [-0.25, -0.2) is 9.67 Å². The van der Waals surface area contributed by atoms with Crippen molar-refractivity contribution in [1.82, 2.24) is 24.6 Å². The molecule has 3 rings (SSSR count). The number of likely N-dealkylation sites (tertiary alicyclic amines) is 1. The standard InChI is InChI=1S/C18H25N5O/c1-3-23(18(24)12-22-14-19-13-20-22)17-9-10-21(11-17)15(2)16-7-5-4-6-8-16/h4-8,13-15,17H,3,9-12H2,1-2H3/t15-,17-/m1/s1. The molecule has 1 aliphatic heterocycles. The Hall–Kier alpha value is -2.21. The summed E-state index contributed by atoms with van der Waals surface area (Å²) in [6, 6.07) is 11.2. The SMILES string of the molecule is CCN(C(=O)Cn1cncn1)[C@@H]1CCN([C@H](C)c2ccccc2)C1. The number of nitrogens with zero attached hydrogens (tertiary/aromatic N) is 5. The van der Waals surface area contributed by atoms with Crippen molar-refractivity contribution in [2.45, 2.75) is 38.9 Å². The Balaban J connectivity index is 1.61. The molecule has 1 aromatic carbocycles. The molecule has 0 radical (unpaired) electrons. The highest BCUT2D eigenvalue weighted by Crippen LogP contribution is 2.26. The Morgan fingerprint density at radius 3 is 2.83 bits per heavy atom. The Labute approximate surface area is 143 Å². The van der Waals surface area contributed by atoms with Crippen LogP contribution in [0.5, 0.6) is 0 Å². The van der Waals surface area contributed by atoms with E-state index in [0.717, 1.165) is 26.1 Å². The summed E-state index contributed by atoms with van der Waals surface area (Å²) in [6.45, 7) is 7.22. The lowest BCUT2D eigenvalue weighted by Gasteiger charge is -2.29. The molecule has 6 nitrogen and oxygen atoms in total. The number of carbonyl (C=O) groups is 1. The lowest BCUT2D eigenvalue weighted by molar-refractivity contribution is -0.134. The number of rotatable bonds is 6. The molecule has 0 bridgehead atoms. The molecule has 1 amide bonds. The molecule has 6 heteroatoms. The molecule has 2 heterocycles. The van der Waals surface area contributed by atoms with Gasteiger partial charge in [0.25, 0.3) is 0 Å². The smallest absolute Gasteiger partial charge is 0.244 e.